The van der Waals surface area contributed by atoms with Crippen molar-refractivity contribution in [2.75, 3.05) is 19.0 Å². The van der Waals surface area contributed by atoms with Gasteiger partial charge in [-0.2, -0.15) is 4.31 Å². The van der Waals surface area contributed by atoms with E-state index in [2.05, 4.69) is 15.5 Å². The van der Waals surface area contributed by atoms with Gasteiger partial charge in [-0.05, 0) is 55.3 Å². The Morgan fingerprint density at radius 3 is 2.71 bits per heavy atom. The molecular formula is C20H19ClN4O5S. The third-order valence-corrected chi connectivity index (χ3v) is 7.06. The predicted octanol–water partition coefficient (Wildman–Crippen LogP) is 3.19. The van der Waals surface area contributed by atoms with Crippen LogP contribution in [0.1, 0.15) is 12.8 Å². The van der Waals surface area contributed by atoms with E-state index in [1.807, 2.05) is 0 Å². The Kier molecular flexibility index (Phi) is 5.94. The number of aromatic nitrogens is 2. The van der Waals surface area contributed by atoms with Gasteiger partial charge in [-0.3, -0.25) is 10.1 Å². The molecule has 3 aromatic rings. The number of amides is 1. The first-order chi connectivity index (χ1) is 14.9. The van der Waals surface area contributed by atoms with Crippen LogP contribution in [-0.4, -0.2) is 48.5 Å². The molecule has 1 aliphatic rings. The molecule has 4 rings (SSSR count). The summed E-state index contributed by atoms with van der Waals surface area (Å²) < 4.78 is 37.9. The lowest BCUT2D eigenvalue weighted by Crippen LogP contribution is -2.43. The largest absolute Gasteiger partial charge is 0.497 e. The number of ether oxygens (including phenoxy) is 1. The zero-order valence-corrected chi connectivity index (χ0v) is 18.1. The van der Waals surface area contributed by atoms with Gasteiger partial charge in [0, 0.05) is 17.1 Å². The minimum atomic E-state index is -3.86. The second-order valence-corrected chi connectivity index (χ2v) is 9.19. The first-order valence-electron chi connectivity index (χ1n) is 9.45. The van der Waals surface area contributed by atoms with Crippen LogP contribution in [0, 0.1) is 0 Å². The number of carbonyl (C=O) groups excluding carboxylic acids is 1. The molecule has 1 aromatic heterocycles. The lowest BCUT2D eigenvalue weighted by molar-refractivity contribution is -0.119. The normalized spacial score (nSPS) is 16.9. The van der Waals surface area contributed by atoms with Crippen LogP contribution in [0.5, 0.6) is 5.75 Å². The number of sulfonamides is 1. The number of nitrogens with one attached hydrogen (secondary N) is 1. The van der Waals surface area contributed by atoms with Crippen LogP contribution in [-0.2, 0) is 14.8 Å². The van der Waals surface area contributed by atoms with Crippen LogP contribution in [0.3, 0.4) is 0 Å². The van der Waals surface area contributed by atoms with E-state index in [9.17, 15) is 13.2 Å². The SMILES string of the molecule is COc1ccc(S(=O)(=O)N2CCCC2C(=O)Nc2nnc(-c3cccc(Cl)c3)o2)cc1. The van der Waals surface area contributed by atoms with Crippen LogP contribution >= 0.6 is 11.6 Å². The van der Waals surface area contributed by atoms with Crippen LogP contribution in [0.15, 0.2) is 57.8 Å². The summed E-state index contributed by atoms with van der Waals surface area (Å²) in [7, 11) is -2.36. The number of hydrogen-bond donors (Lipinski definition) is 1. The molecule has 11 heteroatoms. The monoisotopic (exact) mass is 462 g/mol. The van der Waals surface area contributed by atoms with Crippen molar-refractivity contribution in [1.29, 1.82) is 0 Å². The molecule has 1 saturated heterocycles. The molecule has 9 nitrogen and oxygen atoms in total. The lowest BCUT2D eigenvalue weighted by atomic mass is 10.2. The molecule has 2 aromatic carbocycles. The Balaban J connectivity index is 1.50. The molecular weight excluding hydrogens is 444 g/mol. The van der Waals surface area contributed by atoms with Crippen LogP contribution in [0.25, 0.3) is 11.5 Å². The molecule has 1 aliphatic heterocycles. The molecule has 0 saturated carbocycles. The van der Waals surface area contributed by atoms with E-state index in [1.54, 1.807) is 36.4 Å². The molecule has 162 valence electrons. The molecule has 1 amide bonds. The smallest absolute Gasteiger partial charge is 0.322 e. The molecule has 2 heterocycles. The van der Waals surface area contributed by atoms with Gasteiger partial charge in [0.05, 0.1) is 12.0 Å². The third-order valence-electron chi connectivity index (χ3n) is 4.90. The summed E-state index contributed by atoms with van der Waals surface area (Å²) in [6.45, 7) is 0.240. The Morgan fingerprint density at radius 2 is 2.00 bits per heavy atom. The van der Waals surface area contributed by atoms with Gasteiger partial charge in [-0.25, -0.2) is 8.42 Å². The fourth-order valence-electron chi connectivity index (χ4n) is 3.37. The topological polar surface area (TPSA) is 115 Å². The fourth-order valence-corrected chi connectivity index (χ4v) is 5.22. The van der Waals surface area contributed by atoms with Gasteiger partial charge in [-0.1, -0.05) is 22.8 Å². The van der Waals surface area contributed by atoms with Crippen molar-refractivity contribution in [3.63, 3.8) is 0 Å². The highest BCUT2D eigenvalue weighted by Crippen LogP contribution is 2.28. The van der Waals surface area contributed by atoms with Crippen molar-refractivity contribution < 1.29 is 22.4 Å². The minimum Gasteiger partial charge on any atom is -0.497 e. The summed E-state index contributed by atoms with van der Waals surface area (Å²) in [5.41, 5.74) is 0.602. The van der Waals surface area contributed by atoms with Crippen molar-refractivity contribution in [3.8, 4) is 17.2 Å². The molecule has 1 atom stereocenters. The molecule has 1 unspecified atom stereocenters. The first-order valence-corrected chi connectivity index (χ1v) is 11.3. The number of nitrogens with zero attached hydrogens (tertiary/aromatic N) is 3. The van der Waals surface area contributed by atoms with Gasteiger partial charge in [-0.15, -0.1) is 5.10 Å². The zero-order valence-electron chi connectivity index (χ0n) is 16.5. The molecule has 0 radical (unpaired) electrons. The van der Waals surface area contributed by atoms with Gasteiger partial charge < -0.3 is 9.15 Å². The summed E-state index contributed by atoms with van der Waals surface area (Å²) in [4.78, 5) is 12.9. The lowest BCUT2D eigenvalue weighted by Gasteiger charge is -2.22. The standard InChI is InChI=1S/C20H19ClN4O5S/c1-29-15-7-9-16(10-8-15)31(27,28)25-11-3-6-17(25)18(26)22-20-24-23-19(30-20)13-4-2-5-14(21)12-13/h2,4-5,7-10,12,17H,3,6,11H2,1H3,(H,22,24,26). The average Bonchev–Trinajstić information content (AvgIpc) is 3.44. The highest BCUT2D eigenvalue weighted by Gasteiger charge is 2.40. The summed E-state index contributed by atoms with van der Waals surface area (Å²) >= 11 is 5.97. The van der Waals surface area contributed by atoms with E-state index < -0.39 is 22.0 Å². The minimum absolute atomic E-state index is 0.0917. The maximum Gasteiger partial charge on any atom is 0.322 e. The fraction of sp³-hybridized carbons (Fsp3) is 0.250. The highest BCUT2D eigenvalue weighted by molar-refractivity contribution is 7.89. The van der Waals surface area contributed by atoms with Gasteiger partial charge in [0.2, 0.25) is 21.8 Å². The van der Waals surface area contributed by atoms with Crippen molar-refractivity contribution in [2.24, 2.45) is 0 Å². The van der Waals surface area contributed by atoms with E-state index >= 15 is 0 Å². The first kappa shape index (κ1) is 21.3. The number of rotatable bonds is 6. The maximum absolute atomic E-state index is 13.1. The summed E-state index contributed by atoms with van der Waals surface area (Å²) in [6.07, 6.45) is 0.946. The third kappa shape index (κ3) is 4.41. The number of benzene rings is 2. The maximum atomic E-state index is 13.1. The highest BCUT2D eigenvalue weighted by atomic mass is 35.5. The average molecular weight is 463 g/mol. The van der Waals surface area contributed by atoms with E-state index in [-0.39, 0.29) is 23.3 Å². The number of methoxy groups -OCH3 is 1. The Hall–Kier alpha value is -2.95. The van der Waals surface area contributed by atoms with E-state index in [1.165, 1.54) is 23.5 Å². The molecule has 0 aliphatic carbocycles. The molecule has 31 heavy (non-hydrogen) atoms. The second kappa shape index (κ2) is 8.66. The molecule has 1 N–H and O–H groups in total. The van der Waals surface area contributed by atoms with Crippen molar-refractivity contribution in [1.82, 2.24) is 14.5 Å². The van der Waals surface area contributed by atoms with Crippen LogP contribution < -0.4 is 10.1 Å². The molecule has 0 bridgehead atoms. The number of carbonyl (C=O) groups is 1. The van der Waals surface area contributed by atoms with Crippen molar-refractivity contribution in [2.45, 2.75) is 23.8 Å². The Labute approximate surface area is 184 Å². The number of halogens is 1. The summed E-state index contributed by atoms with van der Waals surface area (Å²) in [5.74, 6) is 0.198. The summed E-state index contributed by atoms with van der Waals surface area (Å²) in [6, 6.07) is 11.9. The van der Waals surface area contributed by atoms with Gasteiger partial charge in [0.15, 0.2) is 0 Å². The Morgan fingerprint density at radius 1 is 1.23 bits per heavy atom. The van der Waals surface area contributed by atoms with Crippen molar-refractivity contribution in [3.05, 3.63) is 53.6 Å². The van der Waals surface area contributed by atoms with E-state index in [0.29, 0.717) is 29.2 Å². The zero-order chi connectivity index (χ0) is 22.0. The van der Waals surface area contributed by atoms with Crippen molar-refractivity contribution >= 4 is 33.5 Å². The van der Waals surface area contributed by atoms with E-state index in [4.69, 9.17) is 20.8 Å². The van der Waals surface area contributed by atoms with Crippen LogP contribution in [0.2, 0.25) is 5.02 Å². The molecule has 1 fully saturated rings. The quantitative estimate of drug-likeness (QED) is 0.598. The summed E-state index contributed by atoms with van der Waals surface area (Å²) in [5, 5.41) is 10.8. The molecule has 0 spiro atoms. The number of hydrogen-bond acceptors (Lipinski definition) is 7. The van der Waals surface area contributed by atoms with E-state index in [0.717, 1.165) is 0 Å². The van der Waals surface area contributed by atoms with Gasteiger partial charge >= 0.3 is 6.01 Å². The van der Waals surface area contributed by atoms with Crippen LogP contribution in [0.4, 0.5) is 6.01 Å². The van der Waals surface area contributed by atoms with Gasteiger partial charge in [0.25, 0.3) is 0 Å². The van der Waals surface area contributed by atoms with Gasteiger partial charge in [0.1, 0.15) is 11.8 Å². The Bertz CT molecular complexity index is 1200. The number of anilines is 1. The predicted molar refractivity (Wildman–Crippen MR) is 113 cm³/mol. The second-order valence-electron chi connectivity index (χ2n) is 6.86.